The van der Waals surface area contributed by atoms with Gasteiger partial charge in [0.25, 0.3) is 0 Å². The van der Waals surface area contributed by atoms with Gasteiger partial charge in [0, 0.05) is 56.0 Å². The van der Waals surface area contributed by atoms with Crippen LogP contribution in [-0.2, 0) is 67.2 Å². The fourth-order valence-electron chi connectivity index (χ4n) is 7.32. The first-order chi connectivity index (χ1) is 33.7. The van der Waals surface area contributed by atoms with E-state index in [9.17, 15) is 63.3 Å². The van der Waals surface area contributed by atoms with E-state index in [4.69, 9.17) is 11.5 Å². The molecule has 71 heavy (non-hydrogen) atoms. The molecule has 27 heteroatoms. The molecule has 386 valence electrons. The molecule has 0 spiro atoms. The maximum atomic E-state index is 14.1. The van der Waals surface area contributed by atoms with Crippen molar-refractivity contribution in [1.29, 1.82) is 0 Å². The number of primary amides is 1. The van der Waals surface area contributed by atoms with Gasteiger partial charge in [-0.15, -0.1) is 0 Å². The van der Waals surface area contributed by atoms with Crippen molar-refractivity contribution in [2.24, 2.45) is 11.5 Å². The highest BCUT2D eigenvalue weighted by Gasteiger charge is 2.39. The van der Waals surface area contributed by atoms with Crippen molar-refractivity contribution in [3.63, 3.8) is 0 Å². The lowest BCUT2D eigenvalue weighted by Crippen LogP contribution is -2.61. The summed E-state index contributed by atoms with van der Waals surface area (Å²) in [4.78, 5) is 146. The van der Waals surface area contributed by atoms with E-state index in [1.165, 1.54) is 50.7 Å². The van der Waals surface area contributed by atoms with Gasteiger partial charge in [0.15, 0.2) is 0 Å². The van der Waals surface area contributed by atoms with E-state index in [2.05, 4.69) is 57.2 Å². The Labute approximate surface area is 406 Å². The summed E-state index contributed by atoms with van der Waals surface area (Å²) in [6.07, 6.45) is 3.58. The molecule has 4 rings (SSSR count). The molecule has 3 aromatic rings. The molecule has 1 fully saturated rings. The highest BCUT2D eigenvalue weighted by Crippen LogP contribution is 2.19. The van der Waals surface area contributed by atoms with Crippen LogP contribution in [0.2, 0.25) is 0 Å². The van der Waals surface area contributed by atoms with Crippen LogP contribution >= 0.6 is 0 Å². The monoisotopic (exact) mass is 994 g/mol. The zero-order valence-electron chi connectivity index (χ0n) is 39.3. The molecule has 0 saturated carbocycles. The Morgan fingerprint density at radius 2 is 1.18 bits per heavy atom. The Kier molecular flexibility index (Phi) is 21.1. The number of amides is 9. The number of aliphatic hydroxyl groups is 2. The van der Waals surface area contributed by atoms with Gasteiger partial charge in [-0.05, 0) is 45.6 Å². The average Bonchev–Trinajstić information content (AvgIpc) is 4.16. The summed E-state index contributed by atoms with van der Waals surface area (Å²) in [5, 5.41) is 47.0. The SMILES string of the molecule is C[C@H](NC(=O)[C@H](C)NC(=O)[C@H](Cc1cnc[nH]1)NC(=O)[C@H](Cc1cnc[nH]1)NC(=O)[C@H](CO)NC(=O)[C@@H]1CCCN1C(=O)[C@@H](N)[C@@H](C)O)C(=O)N[C@@H](CCC(N)=O)C(=O)N[C@@H](Cc1ccccc1)C(=O)O. The number of aromatic nitrogens is 4. The van der Waals surface area contributed by atoms with Crippen molar-refractivity contribution in [3.8, 4) is 0 Å². The van der Waals surface area contributed by atoms with Gasteiger partial charge >= 0.3 is 5.97 Å². The van der Waals surface area contributed by atoms with Crippen molar-refractivity contribution in [3.05, 3.63) is 72.3 Å². The van der Waals surface area contributed by atoms with Gasteiger partial charge in [0.1, 0.15) is 54.4 Å². The van der Waals surface area contributed by atoms with Gasteiger partial charge < -0.3 is 78.9 Å². The standard InChI is InChI=1S/C44H62N14O13/c1-22(36(62)51-23(2)37(63)53-28(11-12-34(45)61)38(64)56-31(44(70)71)14-25-8-5-4-6-9-25)52-39(65)29(15-26-17-47-20-49-26)54-40(66)30(16-27-18-48-21-50-27)55-41(67)32(19-59)57-42(68)33-10-7-13-58(33)43(69)35(46)24(3)60/h4-6,8-9,17-18,20-24,28-33,35,59-60H,7,10-16,19,46H2,1-3H3,(H2,45,61)(H,47,49)(H,48,50)(H,51,62)(H,52,65)(H,53,63)(H,54,66)(H,55,67)(H,56,64)(H,57,68)(H,70,71)/t22-,23-,24+,28-,29-,30-,31-,32-,33-,35-/m0/s1. The topological polar surface area (TPSA) is 428 Å². The molecule has 0 unspecified atom stereocenters. The number of aliphatic hydroxyl groups excluding tert-OH is 2. The predicted molar refractivity (Wildman–Crippen MR) is 247 cm³/mol. The summed E-state index contributed by atoms with van der Waals surface area (Å²) in [7, 11) is 0. The Balaban J connectivity index is 1.43. The van der Waals surface area contributed by atoms with E-state index in [1.807, 2.05) is 0 Å². The lowest BCUT2D eigenvalue weighted by molar-refractivity contribution is -0.142. The zero-order chi connectivity index (χ0) is 52.4. The third-order valence-electron chi connectivity index (χ3n) is 11.4. The van der Waals surface area contributed by atoms with E-state index in [-0.39, 0.29) is 45.1 Å². The smallest absolute Gasteiger partial charge is 0.326 e. The van der Waals surface area contributed by atoms with Gasteiger partial charge in [-0.25, -0.2) is 14.8 Å². The summed E-state index contributed by atoms with van der Waals surface area (Å²) in [6.45, 7) is 3.10. The summed E-state index contributed by atoms with van der Waals surface area (Å²) >= 11 is 0. The first-order valence-corrected chi connectivity index (χ1v) is 22.7. The van der Waals surface area contributed by atoms with Gasteiger partial charge in [-0.1, -0.05) is 30.3 Å². The minimum atomic E-state index is -1.62. The number of nitrogens with zero attached hydrogens (tertiary/aromatic N) is 3. The number of carboxylic acid groups (broad SMARTS) is 1. The van der Waals surface area contributed by atoms with Gasteiger partial charge in [0.05, 0.1) is 25.4 Å². The maximum absolute atomic E-state index is 14.1. The third kappa shape index (κ3) is 17.0. The number of imidazole rings is 2. The second kappa shape index (κ2) is 26.8. The molecule has 1 aromatic carbocycles. The second-order valence-electron chi connectivity index (χ2n) is 17.0. The number of hydrogen-bond acceptors (Lipinski definition) is 15. The lowest BCUT2D eigenvalue weighted by Gasteiger charge is -2.29. The molecule has 0 radical (unpaired) electrons. The average molecular weight is 995 g/mol. The fourth-order valence-corrected chi connectivity index (χ4v) is 7.32. The second-order valence-corrected chi connectivity index (χ2v) is 17.0. The van der Waals surface area contributed by atoms with Crippen LogP contribution in [0.3, 0.4) is 0 Å². The number of nitrogens with one attached hydrogen (secondary N) is 9. The van der Waals surface area contributed by atoms with E-state index < -0.39 is 126 Å². The van der Waals surface area contributed by atoms with Crippen molar-refractivity contribution in [1.82, 2.24) is 62.1 Å². The summed E-state index contributed by atoms with van der Waals surface area (Å²) < 4.78 is 0. The molecular weight excluding hydrogens is 933 g/mol. The number of carboxylic acids is 1. The van der Waals surface area contributed by atoms with Crippen LogP contribution in [0.4, 0.5) is 0 Å². The van der Waals surface area contributed by atoms with E-state index >= 15 is 0 Å². The molecule has 1 aliphatic heterocycles. The number of H-pyrrole nitrogens is 2. The van der Waals surface area contributed by atoms with Crippen molar-refractivity contribution in [2.75, 3.05) is 13.2 Å². The molecule has 0 bridgehead atoms. The van der Waals surface area contributed by atoms with Gasteiger partial charge in [-0.3, -0.25) is 43.2 Å². The minimum Gasteiger partial charge on any atom is -0.480 e. The molecule has 2 aromatic heterocycles. The first-order valence-electron chi connectivity index (χ1n) is 22.7. The normalized spacial score (nSPS) is 17.0. The van der Waals surface area contributed by atoms with E-state index in [1.54, 1.807) is 30.3 Å². The summed E-state index contributed by atoms with van der Waals surface area (Å²) in [5.74, 6) is -9.21. The largest absolute Gasteiger partial charge is 0.480 e. The fraction of sp³-hybridized carbons (Fsp3) is 0.500. The molecule has 1 aliphatic rings. The number of likely N-dealkylation sites (tertiary alicyclic amines) is 1. The number of aliphatic carboxylic acids is 1. The van der Waals surface area contributed by atoms with Crippen LogP contribution in [0.15, 0.2) is 55.4 Å². The third-order valence-corrected chi connectivity index (χ3v) is 11.4. The van der Waals surface area contributed by atoms with Gasteiger partial charge in [-0.2, -0.15) is 0 Å². The van der Waals surface area contributed by atoms with Crippen LogP contribution in [0.5, 0.6) is 0 Å². The molecule has 27 nitrogen and oxygen atoms in total. The highest BCUT2D eigenvalue weighted by atomic mass is 16.4. The molecule has 0 aliphatic carbocycles. The quantitative estimate of drug-likeness (QED) is 0.0339. The highest BCUT2D eigenvalue weighted by molar-refractivity contribution is 5.98. The van der Waals surface area contributed by atoms with Crippen LogP contribution < -0.4 is 48.7 Å². The number of hydrogen-bond donors (Lipinski definition) is 14. The minimum absolute atomic E-state index is 0.0925. The van der Waals surface area contributed by atoms with Crippen LogP contribution in [0.25, 0.3) is 0 Å². The number of aromatic amines is 2. The number of rotatable bonds is 27. The summed E-state index contributed by atoms with van der Waals surface area (Å²) in [5.41, 5.74) is 12.4. The van der Waals surface area contributed by atoms with Crippen molar-refractivity contribution >= 4 is 59.1 Å². The Bertz CT molecular complexity index is 2320. The molecule has 9 amide bonds. The predicted octanol–water partition coefficient (Wildman–Crippen LogP) is -5.36. The number of nitrogens with two attached hydrogens (primary N) is 2. The number of benzene rings is 1. The Hall–Kier alpha value is -7.78. The van der Waals surface area contributed by atoms with E-state index in [0.717, 1.165) is 0 Å². The Morgan fingerprint density at radius 1 is 0.690 bits per heavy atom. The molecule has 16 N–H and O–H groups in total. The summed E-state index contributed by atoms with van der Waals surface area (Å²) in [6, 6.07) is -4.07. The van der Waals surface area contributed by atoms with Crippen molar-refractivity contribution < 1.29 is 63.3 Å². The zero-order valence-corrected chi connectivity index (χ0v) is 39.3. The molecule has 10 atom stereocenters. The van der Waals surface area contributed by atoms with Crippen LogP contribution in [0.1, 0.15) is 63.4 Å². The lowest BCUT2D eigenvalue weighted by atomic mass is 10.0. The first kappa shape index (κ1) is 55.8. The van der Waals surface area contributed by atoms with Gasteiger partial charge in [0.2, 0.25) is 53.2 Å². The molecular formula is C44H62N14O13. The maximum Gasteiger partial charge on any atom is 0.326 e. The Morgan fingerprint density at radius 3 is 1.69 bits per heavy atom. The number of carbonyl (C=O) groups excluding carboxylic acids is 9. The molecule has 1 saturated heterocycles. The van der Waals surface area contributed by atoms with Crippen molar-refractivity contribution in [2.45, 2.75) is 126 Å². The van der Waals surface area contributed by atoms with Crippen LogP contribution in [-0.4, -0.2) is 173 Å². The van der Waals surface area contributed by atoms with Crippen LogP contribution in [0, 0.1) is 0 Å². The number of carbonyl (C=O) groups is 10. The van der Waals surface area contributed by atoms with E-state index in [0.29, 0.717) is 23.4 Å². The molecule has 3 heterocycles.